The highest BCUT2D eigenvalue weighted by atomic mass is 16.3. The number of rotatable bonds is 3. The highest BCUT2D eigenvalue weighted by molar-refractivity contribution is 5.92. The number of fused-ring (bicyclic) bond motifs is 1. The van der Waals surface area contributed by atoms with Crippen LogP contribution in [0.1, 0.15) is 35.4 Å². The lowest BCUT2D eigenvalue weighted by atomic mass is 10.00. The Morgan fingerprint density at radius 3 is 2.95 bits per heavy atom. The van der Waals surface area contributed by atoms with Crippen molar-refractivity contribution in [3.63, 3.8) is 0 Å². The van der Waals surface area contributed by atoms with E-state index in [2.05, 4.69) is 10.2 Å². The third-order valence-corrected chi connectivity index (χ3v) is 4.48. The van der Waals surface area contributed by atoms with Crippen LogP contribution in [0, 0.1) is 0 Å². The monoisotopic (exact) mass is 306 g/mol. The van der Waals surface area contributed by atoms with Gasteiger partial charge in [0.15, 0.2) is 0 Å². The summed E-state index contributed by atoms with van der Waals surface area (Å²) in [6, 6.07) is 1.97. The van der Waals surface area contributed by atoms with Crippen molar-refractivity contribution in [3.05, 3.63) is 23.7 Å². The van der Waals surface area contributed by atoms with Gasteiger partial charge >= 0.3 is 6.03 Å². The Labute approximate surface area is 129 Å². The molecule has 3 amide bonds. The van der Waals surface area contributed by atoms with Crippen LogP contribution in [0.2, 0.25) is 0 Å². The van der Waals surface area contributed by atoms with E-state index < -0.39 is 5.91 Å². The highest BCUT2D eigenvalue weighted by Gasteiger charge is 2.30. The largest absolute Gasteiger partial charge is 0.467 e. The number of amides is 3. The van der Waals surface area contributed by atoms with Gasteiger partial charge in [0.25, 0.3) is 5.91 Å². The van der Waals surface area contributed by atoms with E-state index in [-0.39, 0.29) is 12.6 Å². The molecule has 1 aromatic heterocycles. The number of hydrogen-bond acceptors (Lipinski definition) is 4. The molecule has 0 aliphatic carbocycles. The number of urea groups is 1. The fraction of sp³-hybridized carbons (Fsp3) is 0.600. The van der Waals surface area contributed by atoms with Crippen molar-refractivity contribution in [2.75, 3.05) is 26.2 Å². The molecule has 2 fully saturated rings. The zero-order valence-corrected chi connectivity index (χ0v) is 12.6. The summed E-state index contributed by atoms with van der Waals surface area (Å²) in [4.78, 5) is 27.6. The second kappa shape index (κ2) is 6.39. The minimum absolute atomic E-state index is 0.0813. The van der Waals surface area contributed by atoms with E-state index in [0.717, 1.165) is 26.2 Å². The predicted molar refractivity (Wildman–Crippen MR) is 80.2 cm³/mol. The first kappa shape index (κ1) is 14.9. The molecule has 0 saturated carbocycles. The van der Waals surface area contributed by atoms with E-state index >= 15 is 0 Å². The topological polar surface area (TPSA) is 91.8 Å². The molecule has 0 bridgehead atoms. The van der Waals surface area contributed by atoms with Crippen LogP contribution in [0.5, 0.6) is 0 Å². The normalized spacial score (nSPS) is 22.2. The summed E-state index contributed by atoms with van der Waals surface area (Å²) in [5, 5.41) is 2.84. The Morgan fingerprint density at radius 2 is 2.18 bits per heavy atom. The molecule has 7 heteroatoms. The van der Waals surface area contributed by atoms with Crippen LogP contribution in [0.15, 0.2) is 16.7 Å². The summed E-state index contributed by atoms with van der Waals surface area (Å²) in [7, 11) is 0. The van der Waals surface area contributed by atoms with E-state index in [1.54, 1.807) is 6.07 Å². The molecule has 0 aromatic carbocycles. The molecule has 3 N–H and O–H groups in total. The van der Waals surface area contributed by atoms with E-state index in [0.29, 0.717) is 17.4 Å². The van der Waals surface area contributed by atoms with Crippen LogP contribution in [-0.2, 0) is 6.54 Å². The zero-order chi connectivity index (χ0) is 15.5. The molecule has 22 heavy (non-hydrogen) atoms. The maximum Gasteiger partial charge on any atom is 0.317 e. The Morgan fingerprint density at radius 1 is 1.32 bits per heavy atom. The summed E-state index contributed by atoms with van der Waals surface area (Å²) < 4.78 is 5.21. The maximum absolute atomic E-state index is 12.2. The number of nitrogens with one attached hydrogen (secondary N) is 1. The minimum atomic E-state index is -0.533. The SMILES string of the molecule is NC(=O)c1coc(CNC(=O)N2CCN3CCCCC3C2)c1. The number of furan rings is 1. The van der Waals surface area contributed by atoms with Crippen LogP contribution < -0.4 is 11.1 Å². The first-order valence-corrected chi connectivity index (χ1v) is 7.77. The molecule has 2 aliphatic rings. The van der Waals surface area contributed by atoms with Crippen LogP contribution in [0.3, 0.4) is 0 Å². The lowest BCUT2D eigenvalue weighted by molar-refractivity contribution is 0.0641. The van der Waals surface area contributed by atoms with Crippen LogP contribution in [0.4, 0.5) is 4.79 Å². The van der Waals surface area contributed by atoms with Crippen LogP contribution in [-0.4, -0.2) is 54.0 Å². The Kier molecular flexibility index (Phi) is 4.33. The number of nitrogens with zero attached hydrogens (tertiary/aromatic N) is 2. The van der Waals surface area contributed by atoms with E-state index in [1.165, 1.54) is 25.5 Å². The number of primary amides is 1. The smallest absolute Gasteiger partial charge is 0.317 e. The van der Waals surface area contributed by atoms with Gasteiger partial charge in [0.2, 0.25) is 0 Å². The van der Waals surface area contributed by atoms with Crippen molar-refractivity contribution in [2.45, 2.75) is 31.8 Å². The van der Waals surface area contributed by atoms with Gasteiger partial charge < -0.3 is 20.4 Å². The van der Waals surface area contributed by atoms with Gasteiger partial charge in [-0.1, -0.05) is 6.42 Å². The van der Waals surface area contributed by atoms with E-state index in [4.69, 9.17) is 10.2 Å². The number of piperidine rings is 1. The van der Waals surface area contributed by atoms with Crippen molar-refractivity contribution in [1.82, 2.24) is 15.1 Å². The average Bonchev–Trinajstić information content (AvgIpc) is 3.01. The highest BCUT2D eigenvalue weighted by Crippen LogP contribution is 2.21. The number of hydrogen-bond donors (Lipinski definition) is 2. The average molecular weight is 306 g/mol. The molecule has 0 radical (unpaired) electrons. The van der Waals surface area contributed by atoms with Gasteiger partial charge in [0, 0.05) is 25.7 Å². The van der Waals surface area contributed by atoms with Crippen molar-refractivity contribution >= 4 is 11.9 Å². The maximum atomic E-state index is 12.2. The summed E-state index contributed by atoms with van der Waals surface area (Å²) >= 11 is 0. The van der Waals surface area contributed by atoms with Crippen molar-refractivity contribution in [1.29, 1.82) is 0 Å². The molecule has 2 saturated heterocycles. The lowest BCUT2D eigenvalue weighted by Gasteiger charge is -2.43. The van der Waals surface area contributed by atoms with Gasteiger partial charge in [-0.3, -0.25) is 9.69 Å². The second-order valence-corrected chi connectivity index (χ2v) is 5.96. The van der Waals surface area contributed by atoms with Gasteiger partial charge in [-0.25, -0.2) is 4.79 Å². The molecule has 1 atom stereocenters. The molecule has 0 spiro atoms. The first-order chi connectivity index (χ1) is 10.6. The third kappa shape index (κ3) is 3.24. The van der Waals surface area contributed by atoms with Crippen LogP contribution in [0.25, 0.3) is 0 Å². The van der Waals surface area contributed by atoms with Gasteiger partial charge in [-0.15, -0.1) is 0 Å². The van der Waals surface area contributed by atoms with Gasteiger partial charge in [-0.05, 0) is 25.5 Å². The Balaban J connectivity index is 1.50. The number of carbonyl (C=O) groups is 2. The van der Waals surface area contributed by atoms with Crippen molar-refractivity contribution < 1.29 is 14.0 Å². The Bertz CT molecular complexity index is 557. The molecule has 3 heterocycles. The first-order valence-electron chi connectivity index (χ1n) is 7.77. The molecule has 3 rings (SSSR count). The van der Waals surface area contributed by atoms with Crippen molar-refractivity contribution in [3.8, 4) is 0 Å². The fourth-order valence-corrected chi connectivity index (χ4v) is 3.22. The summed E-state index contributed by atoms with van der Waals surface area (Å²) in [6.07, 6.45) is 5.00. The van der Waals surface area contributed by atoms with E-state index in [1.807, 2.05) is 4.90 Å². The molecule has 120 valence electrons. The molecule has 2 aliphatic heterocycles. The molecule has 1 unspecified atom stereocenters. The zero-order valence-electron chi connectivity index (χ0n) is 12.6. The standard InChI is InChI=1S/C15H22N4O3/c16-14(20)11-7-13(22-10-11)8-17-15(21)19-6-5-18-4-2-1-3-12(18)9-19/h7,10,12H,1-6,8-9H2,(H2,16,20)(H,17,21). The molecular weight excluding hydrogens is 284 g/mol. The number of carbonyl (C=O) groups excluding carboxylic acids is 2. The lowest BCUT2D eigenvalue weighted by Crippen LogP contribution is -2.57. The summed E-state index contributed by atoms with van der Waals surface area (Å²) in [5.74, 6) is -0.00630. The third-order valence-electron chi connectivity index (χ3n) is 4.48. The van der Waals surface area contributed by atoms with Crippen molar-refractivity contribution in [2.24, 2.45) is 5.73 Å². The van der Waals surface area contributed by atoms with Crippen LogP contribution >= 0.6 is 0 Å². The number of piperazine rings is 1. The quantitative estimate of drug-likeness (QED) is 0.862. The molecular formula is C15H22N4O3. The number of nitrogens with two attached hydrogens (primary N) is 1. The Hall–Kier alpha value is -2.02. The minimum Gasteiger partial charge on any atom is -0.467 e. The van der Waals surface area contributed by atoms with Gasteiger partial charge in [-0.2, -0.15) is 0 Å². The fourth-order valence-electron chi connectivity index (χ4n) is 3.22. The molecule has 7 nitrogen and oxygen atoms in total. The summed E-state index contributed by atoms with van der Waals surface area (Å²) in [5.41, 5.74) is 5.48. The van der Waals surface area contributed by atoms with E-state index in [9.17, 15) is 9.59 Å². The van der Waals surface area contributed by atoms with Gasteiger partial charge in [0.05, 0.1) is 12.1 Å². The summed E-state index contributed by atoms with van der Waals surface area (Å²) in [6.45, 7) is 3.91. The molecule has 1 aromatic rings. The van der Waals surface area contributed by atoms with Gasteiger partial charge in [0.1, 0.15) is 12.0 Å². The predicted octanol–water partition coefficient (Wildman–Crippen LogP) is 0.758. The second-order valence-electron chi connectivity index (χ2n) is 5.96.